The Bertz CT molecular complexity index is 67.6. The van der Waals surface area contributed by atoms with Gasteiger partial charge < -0.3 is 12.4 Å². The van der Waals surface area contributed by atoms with Crippen LogP contribution in [0.25, 0.3) is 0 Å². The molecule has 0 saturated heterocycles. The van der Waals surface area contributed by atoms with Crippen molar-refractivity contribution in [3.05, 3.63) is 0 Å². The van der Waals surface area contributed by atoms with Crippen LogP contribution < -0.4 is 17.1 Å². The van der Waals surface area contributed by atoms with Crippen molar-refractivity contribution < 1.29 is 12.4 Å². The van der Waals surface area contributed by atoms with Gasteiger partial charge in [-0.3, -0.25) is 0 Å². The largest absolute Gasteiger partial charge is 1.00 e. The second-order valence-corrected chi connectivity index (χ2v) is 1.11. The quantitative estimate of drug-likeness (QED) is 0.234. The smallest absolute Gasteiger partial charge is 0.273 e. The molecule has 0 amide bonds. The van der Waals surface area contributed by atoms with Crippen LogP contribution in [0.1, 0.15) is 13.8 Å². The molecule has 0 bridgehead atoms. The maximum atomic E-state index is 3.56. The second kappa shape index (κ2) is 4.74. The van der Waals surface area contributed by atoms with Crippen molar-refractivity contribution >= 4 is 12.4 Å². The molecule has 2 heteroatoms. The van der Waals surface area contributed by atoms with Gasteiger partial charge in [0.1, 0.15) is 0 Å². The topological polar surface area (TPSA) is 14.1 Å². The zero-order valence-electron chi connectivity index (χ0n) is 4.03. The summed E-state index contributed by atoms with van der Waals surface area (Å²) >= 11 is 0. The first-order valence-electron chi connectivity index (χ1n) is 1.54. The molecule has 0 aromatic carbocycles. The van der Waals surface area contributed by atoms with Gasteiger partial charge in [0.2, 0.25) is 0 Å². The first-order chi connectivity index (χ1) is 2.27. The fraction of sp³-hybridized carbons (Fsp3) is 0.500. The first kappa shape index (κ1) is 9.22. The highest BCUT2D eigenvalue weighted by Gasteiger charge is 1.76. The van der Waals surface area contributed by atoms with Crippen molar-refractivity contribution in [2.24, 2.45) is 0 Å². The maximum absolute atomic E-state index is 3.56. The molecular weight excluding hydrogens is 97.5 g/mol. The maximum Gasteiger partial charge on any atom is 0.273 e. The van der Waals surface area contributed by atoms with Gasteiger partial charge in [-0.1, -0.05) is 0 Å². The summed E-state index contributed by atoms with van der Waals surface area (Å²) in [6, 6.07) is 0. The predicted octanol–water partition coefficient (Wildman–Crippen LogP) is -2.76. The highest BCUT2D eigenvalue weighted by atomic mass is 35.5. The molecule has 0 aromatic heterocycles. The summed E-state index contributed by atoms with van der Waals surface area (Å²) in [5, 5.41) is 0. The number of halogens is 1. The van der Waals surface area contributed by atoms with Crippen molar-refractivity contribution in [1.29, 1.82) is 0 Å². The van der Waals surface area contributed by atoms with Crippen LogP contribution in [0.3, 0.4) is 0 Å². The molecule has 0 aliphatic carbocycles. The monoisotopic (exact) mass is 105 g/mol. The van der Waals surface area contributed by atoms with E-state index in [1.54, 1.807) is 0 Å². The van der Waals surface area contributed by atoms with Crippen LogP contribution in [0.5, 0.6) is 0 Å². The van der Waals surface area contributed by atoms with Crippen LogP contribution in [-0.4, -0.2) is 12.4 Å². The molecule has 0 unspecified atom stereocenters. The van der Waals surface area contributed by atoms with E-state index in [9.17, 15) is 0 Å². The SMILES string of the molecule is C=[N+]=C(C)C.[Cl-]. The van der Waals surface area contributed by atoms with Gasteiger partial charge in [-0.2, -0.15) is 0 Å². The van der Waals surface area contributed by atoms with Gasteiger partial charge in [-0.15, -0.1) is 4.67 Å². The fourth-order valence-corrected chi connectivity index (χ4v) is 0. The zero-order chi connectivity index (χ0) is 4.28. The number of hydrogen-bond donors (Lipinski definition) is 0. The van der Waals surface area contributed by atoms with E-state index in [1.807, 2.05) is 13.8 Å². The van der Waals surface area contributed by atoms with Crippen LogP contribution >= 0.6 is 0 Å². The van der Waals surface area contributed by atoms with E-state index < -0.39 is 0 Å². The Labute approximate surface area is 44.2 Å². The molecule has 0 heterocycles. The molecule has 0 spiro atoms. The normalized spacial score (nSPS) is 5.00. The second-order valence-electron chi connectivity index (χ2n) is 1.11. The van der Waals surface area contributed by atoms with Crippen molar-refractivity contribution in [3.63, 3.8) is 0 Å². The summed E-state index contributed by atoms with van der Waals surface area (Å²) in [4.78, 5) is 0. The van der Waals surface area contributed by atoms with E-state index in [2.05, 4.69) is 11.4 Å². The lowest BCUT2D eigenvalue weighted by Gasteiger charge is -1.49. The van der Waals surface area contributed by atoms with E-state index in [0.717, 1.165) is 5.71 Å². The van der Waals surface area contributed by atoms with Crippen LogP contribution in [0.2, 0.25) is 0 Å². The molecule has 0 saturated carbocycles. The van der Waals surface area contributed by atoms with Crippen LogP contribution in [0.15, 0.2) is 0 Å². The number of nitrogens with zero attached hydrogens (tertiary/aromatic N) is 1. The highest BCUT2D eigenvalue weighted by molar-refractivity contribution is 5.78. The third-order valence-electron chi connectivity index (χ3n) is 0.316. The van der Waals surface area contributed by atoms with Crippen molar-refractivity contribution in [2.75, 3.05) is 0 Å². The Balaban J connectivity index is 0. The predicted molar refractivity (Wildman–Crippen MR) is 25.6 cm³/mol. The van der Waals surface area contributed by atoms with E-state index in [4.69, 9.17) is 0 Å². The molecule has 0 aliphatic heterocycles. The summed E-state index contributed by atoms with van der Waals surface area (Å²) in [5.74, 6) is 0. The molecule has 0 aliphatic rings. The van der Waals surface area contributed by atoms with Gasteiger partial charge in [0.15, 0.2) is 0 Å². The van der Waals surface area contributed by atoms with Crippen molar-refractivity contribution in [1.82, 2.24) is 4.67 Å². The van der Waals surface area contributed by atoms with Gasteiger partial charge in [0.25, 0.3) is 12.4 Å². The molecule has 0 radical (unpaired) electrons. The van der Waals surface area contributed by atoms with Gasteiger partial charge >= 0.3 is 0 Å². The van der Waals surface area contributed by atoms with E-state index in [1.165, 1.54) is 0 Å². The Morgan fingerprint density at radius 2 is 1.67 bits per heavy atom. The summed E-state index contributed by atoms with van der Waals surface area (Å²) in [5.41, 5.74) is 1.02. The minimum atomic E-state index is 0. The Morgan fingerprint density at radius 3 is 1.67 bits per heavy atom. The minimum Gasteiger partial charge on any atom is -1.00 e. The summed E-state index contributed by atoms with van der Waals surface area (Å²) in [6.07, 6.45) is 0. The molecule has 36 valence electrons. The van der Waals surface area contributed by atoms with Crippen molar-refractivity contribution in [3.8, 4) is 0 Å². The molecular formula is C4H8ClN. The summed E-state index contributed by atoms with van der Waals surface area (Å²) in [7, 11) is 0. The molecule has 1 nitrogen and oxygen atoms in total. The highest BCUT2D eigenvalue weighted by Crippen LogP contribution is 1.50. The Kier molecular flexibility index (Phi) is 7.28. The molecule has 0 N–H and O–H groups in total. The van der Waals surface area contributed by atoms with Gasteiger partial charge in [-0.25, -0.2) is 0 Å². The fourth-order valence-electron chi connectivity index (χ4n) is 0. The number of hydrogen-bond acceptors (Lipinski definition) is 0. The Hall–Kier alpha value is -0.260. The molecule has 6 heavy (non-hydrogen) atoms. The molecule has 0 rings (SSSR count). The minimum absolute atomic E-state index is 0. The average Bonchev–Trinajstić information content (AvgIpc) is 1.38. The van der Waals surface area contributed by atoms with Gasteiger partial charge in [-0.05, 0) is 0 Å². The lowest BCUT2D eigenvalue weighted by atomic mass is 10.5. The molecule has 0 atom stereocenters. The lowest BCUT2D eigenvalue weighted by molar-refractivity contribution is -0.00000136. The lowest BCUT2D eigenvalue weighted by Crippen LogP contribution is -3.00. The standard InChI is InChI=1S/C4H8N.ClH/c1-4(2)5-3;/h3H2,1-2H3;1H/q+1;/p-1. The van der Waals surface area contributed by atoms with Gasteiger partial charge in [0.05, 0.1) is 0 Å². The van der Waals surface area contributed by atoms with Crippen LogP contribution in [0.4, 0.5) is 0 Å². The number of rotatable bonds is 0. The first-order valence-corrected chi connectivity index (χ1v) is 1.54. The van der Waals surface area contributed by atoms with E-state index in [-0.39, 0.29) is 12.4 Å². The third kappa shape index (κ3) is 9.27. The summed E-state index contributed by atoms with van der Waals surface area (Å²) in [6.45, 7) is 7.09. The van der Waals surface area contributed by atoms with E-state index >= 15 is 0 Å². The third-order valence-corrected chi connectivity index (χ3v) is 0.316. The molecule has 0 aromatic rings. The van der Waals surface area contributed by atoms with Crippen LogP contribution in [-0.2, 0) is 0 Å². The van der Waals surface area contributed by atoms with Crippen LogP contribution in [0, 0.1) is 0 Å². The van der Waals surface area contributed by atoms with Crippen molar-refractivity contribution in [2.45, 2.75) is 13.8 Å². The zero-order valence-corrected chi connectivity index (χ0v) is 4.79. The summed E-state index contributed by atoms with van der Waals surface area (Å²) < 4.78 is 3.56. The Morgan fingerprint density at radius 1 is 1.50 bits per heavy atom. The van der Waals surface area contributed by atoms with E-state index in [0.29, 0.717) is 0 Å². The molecule has 0 fully saturated rings. The average molecular weight is 106 g/mol. The van der Waals surface area contributed by atoms with Gasteiger partial charge in [0, 0.05) is 13.8 Å².